The molecule has 94 valence electrons. The second-order valence-electron chi connectivity index (χ2n) is 3.01. The van der Waals surface area contributed by atoms with Crippen LogP contribution in [0.25, 0.3) is 0 Å². The first kappa shape index (κ1) is 13.3. The number of aromatic carboxylic acids is 1. The van der Waals surface area contributed by atoms with Gasteiger partial charge in [-0.1, -0.05) is 0 Å². The maximum Gasteiger partial charge on any atom is 0.341 e. The largest absolute Gasteiger partial charge is 0.477 e. The van der Waals surface area contributed by atoms with Gasteiger partial charge in [0.1, 0.15) is 12.2 Å². The van der Waals surface area contributed by atoms with Gasteiger partial charge in [-0.05, 0) is 6.07 Å². The van der Waals surface area contributed by atoms with Gasteiger partial charge in [0.2, 0.25) is 5.88 Å². The van der Waals surface area contributed by atoms with Crippen molar-refractivity contribution in [3.05, 3.63) is 17.8 Å². The Morgan fingerprint density at radius 2 is 2.12 bits per heavy atom. The molecular weight excluding hydrogens is 228 g/mol. The van der Waals surface area contributed by atoms with Crippen LogP contribution in [0.3, 0.4) is 0 Å². The van der Waals surface area contributed by atoms with Gasteiger partial charge in [0.25, 0.3) is 0 Å². The highest BCUT2D eigenvalue weighted by Gasteiger charge is 2.12. The van der Waals surface area contributed by atoms with E-state index in [4.69, 9.17) is 19.3 Å². The lowest BCUT2D eigenvalue weighted by atomic mass is 10.3. The second-order valence-corrected chi connectivity index (χ2v) is 3.01. The van der Waals surface area contributed by atoms with Gasteiger partial charge in [-0.3, -0.25) is 0 Å². The Morgan fingerprint density at radius 3 is 2.82 bits per heavy atom. The first-order valence-electron chi connectivity index (χ1n) is 5.00. The molecule has 0 saturated carbocycles. The molecule has 0 atom stereocenters. The molecule has 0 bridgehead atoms. The van der Waals surface area contributed by atoms with Gasteiger partial charge in [0, 0.05) is 7.11 Å². The normalized spacial score (nSPS) is 10.2. The van der Waals surface area contributed by atoms with Gasteiger partial charge < -0.3 is 19.3 Å². The Morgan fingerprint density at radius 1 is 1.35 bits per heavy atom. The summed E-state index contributed by atoms with van der Waals surface area (Å²) in [6, 6.07) is 1.33. The minimum Gasteiger partial charge on any atom is -0.477 e. The van der Waals surface area contributed by atoms with E-state index >= 15 is 0 Å². The Balaban J connectivity index is 2.34. The number of carboxylic acids is 1. The monoisotopic (exact) mass is 242 g/mol. The summed E-state index contributed by atoms with van der Waals surface area (Å²) in [6.07, 6.45) is 1.30. The molecular formula is C10H14N2O5. The Bertz CT molecular complexity index is 358. The zero-order valence-electron chi connectivity index (χ0n) is 9.46. The summed E-state index contributed by atoms with van der Waals surface area (Å²) in [6.45, 7) is 1.51. The van der Waals surface area contributed by atoms with Gasteiger partial charge in [0.05, 0.1) is 26.0 Å². The summed E-state index contributed by atoms with van der Waals surface area (Å²) in [5.41, 5.74) is -0.0168. The van der Waals surface area contributed by atoms with Crippen molar-refractivity contribution >= 4 is 5.97 Å². The highest BCUT2D eigenvalue weighted by Crippen LogP contribution is 2.12. The highest BCUT2D eigenvalue weighted by molar-refractivity contribution is 5.89. The Kier molecular flexibility index (Phi) is 5.91. The van der Waals surface area contributed by atoms with Crippen LogP contribution in [0.1, 0.15) is 10.4 Å². The van der Waals surface area contributed by atoms with E-state index in [0.717, 1.165) is 0 Å². The third-order valence-corrected chi connectivity index (χ3v) is 1.82. The lowest BCUT2D eigenvalue weighted by Gasteiger charge is -2.07. The maximum absolute atomic E-state index is 10.8. The number of rotatable bonds is 8. The fraction of sp³-hybridized carbons (Fsp3) is 0.500. The molecule has 17 heavy (non-hydrogen) atoms. The van der Waals surface area contributed by atoms with Crippen molar-refractivity contribution in [2.45, 2.75) is 0 Å². The van der Waals surface area contributed by atoms with Crippen LogP contribution in [0.5, 0.6) is 5.88 Å². The van der Waals surface area contributed by atoms with Crippen molar-refractivity contribution in [3.8, 4) is 5.88 Å². The molecule has 0 aliphatic rings. The molecule has 0 fully saturated rings. The average molecular weight is 242 g/mol. The molecule has 1 rings (SSSR count). The lowest BCUT2D eigenvalue weighted by molar-refractivity contribution is 0.0525. The van der Waals surface area contributed by atoms with Crippen molar-refractivity contribution < 1.29 is 24.1 Å². The first-order valence-corrected chi connectivity index (χ1v) is 5.00. The summed E-state index contributed by atoms with van der Waals surface area (Å²) < 4.78 is 15.1. The summed E-state index contributed by atoms with van der Waals surface area (Å²) in [4.78, 5) is 10.8. The van der Waals surface area contributed by atoms with Crippen molar-refractivity contribution in [2.75, 3.05) is 33.5 Å². The third-order valence-electron chi connectivity index (χ3n) is 1.82. The molecule has 0 radical (unpaired) electrons. The van der Waals surface area contributed by atoms with Crippen LogP contribution in [0.4, 0.5) is 0 Å². The van der Waals surface area contributed by atoms with Crippen molar-refractivity contribution in [1.29, 1.82) is 0 Å². The molecule has 0 saturated heterocycles. The fourth-order valence-electron chi connectivity index (χ4n) is 1.03. The van der Waals surface area contributed by atoms with Crippen LogP contribution < -0.4 is 4.74 Å². The van der Waals surface area contributed by atoms with Crippen LogP contribution in [-0.4, -0.2) is 54.8 Å². The molecule has 0 spiro atoms. The predicted molar refractivity (Wildman–Crippen MR) is 57.2 cm³/mol. The molecule has 0 aromatic carbocycles. The average Bonchev–Trinajstić information content (AvgIpc) is 2.34. The molecule has 0 aliphatic carbocycles. The van der Waals surface area contributed by atoms with E-state index in [1.165, 1.54) is 12.3 Å². The number of aromatic nitrogens is 2. The molecule has 7 heteroatoms. The second kappa shape index (κ2) is 7.53. The first-order chi connectivity index (χ1) is 8.25. The number of nitrogens with zero attached hydrogens (tertiary/aromatic N) is 2. The van der Waals surface area contributed by atoms with E-state index in [9.17, 15) is 4.79 Å². The van der Waals surface area contributed by atoms with Gasteiger partial charge in [-0.2, -0.15) is 5.10 Å². The highest BCUT2D eigenvalue weighted by atomic mass is 16.5. The number of hydrogen-bond acceptors (Lipinski definition) is 6. The van der Waals surface area contributed by atoms with Crippen LogP contribution in [0.2, 0.25) is 0 Å². The molecule has 1 aromatic rings. The number of carboxylic acid groups (broad SMARTS) is 1. The van der Waals surface area contributed by atoms with Crippen molar-refractivity contribution in [2.24, 2.45) is 0 Å². The predicted octanol–water partition coefficient (Wildman–Crippen LogP) is 0.217. The van der Waals surface area contributed by atoms with E-state index in [1.54, 1.807) is 7.11 Å². The molecule has 1 aromatic heterocycles. The molecule has 1 heterocycles. The Labute approximate surface area is 98.3 Å². The summed E-state index contributed by atoms with van der Waals surface area (Å²) in [5, 5.41) is 16.0. The van der Waals surface area contributed by atoms with Crippen LogP contribution >= 0.6 is 0 Å². The van der Waals surface area contributed by atoms with Crippen molar-refractivity contribution in [3.63, 3.8) is 0 Å². The number of ether oxygens (including phenoxy) is 3. The SMILES string of the molecule is COCCOCCOc1nnccc1C(=O)O. The molecule has 0 unspecified atom stereocenters. The van der Waals surface area contributed by atoms with Gasteiger partial charge in [0.15, 0.2) is 0 Å². The summed E-state index contributed by atoms with van der Waals surface area (Å²) in [7, 11) is 1.58. The smallest absolute Gasteiger partial charge is 0.341 e. The quantitative estimate of drug-likeness (QED) is 0.652. The van der Waals surface area contributed by atoms with Gasteiger partial charge >= 0.3 is 5.97 Å². The third kappa shape index (κ3) is 4.75. The van der Waals surface area contributed by atoms with Crippen molar-refractivity contribution in [1.82, 2.24) is 10.2 Å². The molecule has 0 aliphatic heterocycles. The molecule has 7 nitrogen and oxygen atoms in total. The standard InChI is InChI=1S/C10H14N2O5/c1-15-4-5-16-6-7-17-9-8(10(13)14)2-3-11-12-9/h2-3H,4-7H2,1H3,(H,13,14). The zero-order valence-corrected chi connectivity index (χ0v) is 9.46. The van der Waals surface area contributed by atoms with Gasteiger partial charge in [-0.15, -0.1) is 5.10 Å². The van der Waals surface area contributed by atoms with E-state index in [-0.39, 0.29) is 18.1 Å². The molecule has 0 amide bonds. The van der Waals surface area contributed by atoms with Gasteiger partial charge in [-0.25, -0.2) is 4.79 Å². The van der Waals surface area contributed by atoms with E-state index in [2.05, 4.69) is 10.2 Å². The lowest BCUT2D eigenvalue weighted by Crippen LogP contribution is -2.13. The van der Waals surface area contributed by atoms with E-state index in [1.807, 2.05) is 0 Å². The summed E-state index contributed by atoms with van der Waals surface area (Å²) in [5.74, 6) is -1.11. The minimum atomic E-state index is -1.10. The fourth-order valence-corrected chi connectivity index (χ4v) is 1.03. The Hall–Kier alpha value is -1.73. The minimum absolute atomic E-state index is 0.00431. The van der Waals surface area contributed by atoms with Crippen LogP contribution in [-0.2, 0) is 9.47 Å². The summed E-state index contributed by atoms with van der Waals surface area (Å²) >= 11 is 0. The number of hydrogen-bond donors (Lipinski definition) is 1. The van der Waals surface area contributed by atoms with Crippen LogP contribution in [0, 0.1) is 0 Å². The number of methoxy groups -OCH3 is 1. The maximum atomic E-state index is 10.8. The molecule has 1 N–H and O–H groups in total. The number of carbonyl (C=O) groups is 1. The topological polar surface area (TPSA) is 90.8 Å². The van der Waals surface area contributed by atoms with E-state index in [0.29, 0.717) is 19.8 Å². The van der Waals surface area contributed by atoms with E-state index < -0.39 is 5.97 Å². The van der Waals surface area contributed by atoms with Crippen LogP contribution in [0.15, 0.2) is 12.3 Å². The zero-order chi connectivity index (χ0) is 12.5.